The van der Waals surface area contributed by atoms with E-state index >= 15 is 0 Å². The number of nitrogens with zero attached hydrogens (tertiary/aromatic N) is 2. The lowest BCUT2D eigenvalue weighted by Gasteiger charge is -2.51. The van der Waals surface area contributed by atoms with Crippen LogP contribution in [0, 0.1) is 5.92 Å². The molecule has 136 valence electrons. The van der Waals surface area contributed by atoms with Crippen molar-refractivity contribution in [1.82, 2.24) is 14.5 Å². The Morgan fingerprint density at radius 1 is 1.16 bits per heavy atom. The summed E-state index contributed by atoms with van der Waals surface area (Å²) in [5.74, 6) is 0.731. The number of likely N-dealkylation sites (tertiary alicyclic amines) is 1. The number of sulfonamides is 1. The number of hydrogen-bond donors (Lipinski definition) is 1. The fraction of sp³-hybridized carbons (Fsp3) is 0.611. The highest BCUT2D eigenvalue weighted by Crippen LogP contribution is 2.46. The molecule has 3 atom stereocenters. The molecule has 25 heavy (non-hydrogen) atoms. The quantitative estimate of drug-likeness (QED) is 0.852. The minimum Gasteiger partial charge on any atom is -0.336 e. The lowest BCUT2D eigenvalue weighted by molar-refractivity contribution is -0.134. The number of rotatable bonds is 4. The summed E-state index contributed by atoms with van der Waals surface area (Å²) in [6.07, 6.45) is 3.35. The van der Waals surface area contributed by atoms with Crippen molar-refractivity contribution in [3.63, 3.8) is 0 Å². The van der Waals surface area contributed by atoms with E-state index in [1.807, 2.05) is 11.0 Å². The zero-order valence-electron chi connectivity index (χ0n) is 14.5. The predicted octanol–water partition coefficient (Wildman–Crippen LogP) is 0.624. The normalized spacial score (nSPS) is 34.1. The number of amides is 1. The molecule has 4 heterocycles. The zero-order chi connectivity index (χ0) is 17.6. The van der Waals surface area contributed by atoms with Crippen LogP contribution in [-0.4, -0.2) is 68.6 Å². The van der Waals surface area contributed by atoms with Crippen molar-refractivity contribution in [3.05, 3.63) is 35.9 Å². The first-order valence-electron chi connectivity index (χ1n) is 8.97. The summed E-state index contributed by atoms with van der Waals surface area (Å²) in [7, 11) is -3.36. The zero-order valence-corrected chi connectivity index (χ0v) is 15.3. The van der Waals surface area contributed by atoms with Crippen LogP contribution >= 0.6 is 0 Å². The summed E-state index contributed by atoms with van der Waals surface area (Å²) in [5.41, 5.74) is 1.27. The maximum atomic E-state index is 12.8. The Bertz CT molecular complexity index is 744. The number of hydrogen-bond acceptors (Lipinski definition) is 4. The summed E-state index contributed by atoms with van der Waals surface area (Å²) in [6, 6.07) is 11.0. The minimum absolute atomic E-state index is 0.104. The van der Waals surface area contributed by atoms with E-state index in [4.69, 9.17) is 0 Å². The average Bonchev–Trinajstić information content (AvgIpc) is 3.04. The molecule has 2 bridgehead atoms. The third-order valence-corrected chi connectivity index (χ3v) is 6.70. The van der Waals surface area contributed by atoms with Crippen molar-refractivity contribution >= 4 is 15.9 Å². The van der Waals surface area contributed by atoms with E-state index in [0.717, 1.165) is 32.2 Å². The summed E-state index contributed by atoms with van der Waals surface area (Å²) >= 11 is 0. The standard InChI is InChI=1S/C18H25N3O3S/c1-25(23,24)19-11-16(22)21-12-15(13-5-3-2-4-6-13)18-17(21)14-7-9-20(18)10-8-14/h2-6,14-15,17-19H,7-12H2,1H3/t15-,17-,18-/m1/s1. The van der Waals surface area contributed by atoms with Gasteiger partial charge in [0.1, 0.15) is 0 Å². The molecular formula is C18H25N3O3S. The first-order valence-corrected chi connectivity index (χ1v) is 10.9. The van der Waals surface area contributed by atoms with Gasteiger partial charge in [-0.1, -0.05) is 30.3 Å². The summed E-state index contributed by atoms with van der Waals surface area (Å²) in [4.78, 5) is 17.3. The second kappa shape index (κ2) is 6.37. The summed E-state index contributed by atoms with van der Waals surface area (Å²) in [5, 5.41) is 0. The Labute approximate surface area is 149 Å². The van der Waals surface area contributed by atoms with E-state index in [-0.39, 0.29) is 18.5 Å². The highest BCUT2D eigenvalue weighted by molar-refractivity contribution is 7.88. The SMILES string of the molecule is CS(=O)(=O)NCC(=O)N1C[C@H](c2ccccc2)[C@@H]2[C@H]1C1CCN2CC1. The van der Waals surface area contributed by atoms with Crippen molar-refractivity contribution in [2.75, 3.05) is 32.4 Å². The number of benzene rings is 1. The van der Waals surface area contributed by atoms with Gasteiger partial charge in [-0.15, -0.1) is 0 Å². The fourth-order valence-electron chi connectivity index (χ4n) is 4.99. The van der Waals surface area contributed by atoms with Crippen LogP contribution < -0.4 is 4.72 Å². The molecule has 4 aliphatic heterocycles. The van der Waals surface area contributed by atoms with Crippen LogP contribution in [0.5, 0.6) is 0 Å². The summed E-state index contributed by atoms with van der Waals surface area (Å²) in [6.45, 7) is 2.75. The highest BCUT2D eigenvalue weighted by Gasteiger charge is 2.54. The predicted molar refractivity (Wildman–Crippen MR) is 95.6 cm³/mol. The lowest BCUT2D eigenvalue weighted by atomic mass is 9.75. The van der Waals surface area contributed by atoms with Crippen LogP contribution in [0.4, 0.5) is 0 Å². The second-order valence-electron chi connectivity index (χ2n) is 7.51. The Balaban J connectivity index is 1.61. The number of carbonyl (C=O) groups excluding carboxylic acids is 1. The molecule has 0 aromatic heterocycles. The van der Waals surface area contributed by atoms with E-state index in [0.29, 0.717) is 24.4 Å². The smallest absolute Gasteiger partial charge is 0.237 e. The Kier molecular flexibility index (Phi) is 4.33. The molecule has 1 aromatic rings. The van der Waals surface area contributed by atoms with Gasteiger partial charge in [0, 0.05) is 18.5 Å². The van der Waals surface area contributed by atoms with E-state index in [9.17, 15) is 13.2 Å². The molecule has 0 radical (unpaired) electrons. The minimum atomic E-state index is -3.36. The molecule has 4 fully saturated rings. The summed E-state index contributed by atoms with van der Waals surface area (Å²) < 4.78 is 25.1. The van der Waals surface area contributed by atoms with Gasteiger partial charge in [0.05, 0.1) is 18.8 Å². The van der Waals surface area contributed by atoms with E-state index in [1.54, 1.807) is 0 Å². The largest absolute Gasteiger partial charge is 0.336 e. The van der Waals surface area contributed by atoms with Crippen molar-refractivity contribution in [1.29, 1.82) is 0 Å². The van der Waals surface area contributed by atoms with Gasteiger partial charge in [-0.3, -0.25) is 9.69 Å². The van der Waals surface area contributed by atoms with Gasteiger partial charge in [0.15, 0.2) is 0 Å². The molecule has 0 spiro atoms. The van der Waals surface area contributed by atoms with Crippen molar-refractivity contribution in [2.24, 2.45) is 5.92 Å². The average molecular weight is 363 g/mol. The van der Waals surface area contributed by atoms with Gasteiger partial charge >= 0.3 is 0 Å². The third kappa shape index (κ3) is 3.20. The van der Waals surface area contributed by atoms with Crippen LogP contribution in [-0.2, 0) is 14.8 Å². The molecule has 5 rings (SSSR count). The monoisotopic (exact) mass is 363 g/mol. The first kappa shape index (κ1) is 17.0. The first-order chi connectivity index (χ1) is 11.9. The van der Waals surface area contributed by atoms with E-state index in [2.05, 4.69) is 33.9 Å². The van der Waals surface area contributed by atoms with Gasteiger partial charge in [-0.2, -0.15) is 0 Å². The van der Waals surface area contributed by atoms with Crippen molar-refractivity contribution < 1.29 is 13.2 Å². The molecular weight excluding hydrogens is 338 g/mol. The topological polar surface area (TPSA) is 69.7 Å². The van der Waals surface area contributed by atoms with Crippen molar-refractivity contribution in [2.45, 2.75) is 30.8 Å². The number of nitrogens with one attached hydrogen (secondary N) is 1. The number of piperidine rings is 3. The van der Waals surface area contributed by atoms with Crippen LogP contribution in [0.25, 0.3) is 0 Å². The van der Waals surface area contributed by atoms with Gasteiger partial charge in [0.2, 0.25) is 15.9 Å². The molecule has 1 amide bonds. The third-order valence-electron chi connectivity index (χ3n) is 6.03. The molecule has 1 aromatic carbocycles. The van der Waals surface area contributed by atoms with Crippen LogP contribution in [0.2, 0.25) is 0 Å². The molecule has 4 saturated heterocycles. The van der Waals surface area contributed by atoms with Crippen LogP contribution in [0.3, 0.4) is 0 Å². The molecule has 0 saturated carbocycles. The van der Waals surface area contributed by atoms with E-state index in [1.165, 1.54) is 5.56 Å². The van der Waals surface area contributed by atoms with E-state index < -0.39 is 10.0 Å². The molecule has 6 nitrogen and oxygen atoms in total. The number of fused-ring (bicyclic) bond motifs is 2. The van der Waals surface area contributed by atoms with Gasteiger partial charge in [0.25, 0.3) is 0 Å². The van der Waals surface area contributed by atoms with Crippen LogP contribution in [0.15, 0.2) is 30.3 Å². The number of carbonyl (C=O) groups is 1. The van der Waals surface area contributed by atoms with Gasteiger partial charge < -0.3 is 4.90 Å². The molecule has 0 aliphatic carbocycles. The second-order valence-corrected chi connectivity index (χ2v) is 9.34. The Morgan fingerprint density at radius 3 is 2.48 bits per heavy atom. The van der Waals surface area contributed by atoms with Crippen LogP contribution in [0.1, 0.15) is 24.3 Å². The Morgan fingerprint density at radius 2 is 1.84 bits per heavy atom. The Hall–Kier alpha value is -1.44. The fourth-order valence-corrected chi connectivity index (χ4v) is 5.38. The van der Waals surface area contributed by atoms with Crippen molar-refractivity contribution in [3.8, 4) is 0 Å². The maximum Gasteiger partial charge on any atom is 0.237 e. The lowest BCUT2D eigenvalue weighted by Crippen LogP contribution is -2.61. The van der Waals surface area contributed by atoms with Gasteiger partial charge in [-0.25, -0.2) is 13.1 Å². The highest BCUT2D eigenvalue weighted by atomic mass is 32.2. The maximum absolute atomic E-state index is 12.8. The molecule has 7 heteroatoms. The molecule has 1 N–H and O–H groups in total. The molecule has 0 unspecified atom stereocenters. The molecule has 4 aliphatic rings. The van der Waals surface area contributed by atoms with Gasteiger partial charge in [-0.05, 0) is 37.4 Å².